The zero-order valence-electron chi connectivity index (χ0n) is 12.0. The summed E-state index contributed by atoms with van der Waals surface area (Å²) in [5.41, 5.74) is 0. The van der Waals surface area contributed by atoms with Crippen LogP contribution < -0.4 is 5.32 Å². The van der Waals surface area contributed by atoms with Crippen molar-refractivity contribution >= 4 is 6.03 Å². The van der Waals surface area contributed by atoms with Crippen molar-refractivity contribution < 1.29 is 9.90 Å². The van der Waals surface area contributed by atoms with Crippen LogP contribution in [0, 0.1) is 11.8 Å². The summed E-state index contributed by atoms with van der Waals surface area (Å²) in [6.07, 6.45) is 6.39. The van der Waals surface area contributed by atoms with Gasteiger partial charge in [0.1, 0.15) is 0 Å². The molecule has 2 amide bonds. The minimum absolute atomic E-state index is 0.00403. The Morgan fingerprint density at radius 3 is 2.83 bits per heavy atom. The molecule has 3 atom stereocenters. The molecule has 1 rings (SSSR count). The Morgan fingerprint density at radius 1 is 1.50 bits per heavy atom. The number of rotatable bonds is 5. The molecule has 4 heteroatoms. The van der Waals surface area contributed by atoms with Crippen molar-refractivity contribution in [3.05, 3.63) is 0 Å². The predicted octanol–water partition coefficient (Wildman–Crippen LogP) is 2.23. The average molecular weight is 256 g/mol. The molecule has 0 saturated heterocycles. The summed E-state index contributed by atoms with van der Waals surface area (Å²) in [5.74, 6) is 1.62. The van der Waals surface area contributed by atoms with Crippen LogP contribution >= 0.6 is 0 Å². The number of hydrogen-bond acceptors (Lipinski definition) is 2. The van der Waals surface area contributed by atoms with Crippen molar-refractivity contribution in [3.63, 3.8) is 0 Å². The maximum absolute atomic E-state index is 11.8. The SMILES string of the molecule is CC1CCCC(CCNC(=O)N(C)C(C)CO)C1. The minimum atomic E-state index is -0.125. The van der Waals surface area contributed by atoms with Gasteiger partial charge in [0, 0.05) is 13.6 Å². The molecule has 2 N–H and O–H groups in total. The second-order valence-electron chi connectivity index (χ2n) is 5.80. The molecule has 3 unspecified atom stereocenters. The number of hydrogen-bond donors (Lipinski definition) is 2. The number of nitrogens with one attached hydrogen (secondary N) is 1. The fourth-order valence-corrected chi connectivity index (χ4v) is 2.65. The van der Waals surface area contributed by atoms with Gasteiger partial charge in [0.25, 0.3) is 0 Å². The normalized spacial score (nSPS) is 25.6. The highest BCUT2D eigenvalue weighted by Gasteiger charge is 2.19. The van der Waals surface area contributed by atoms with Gasteiger partial charge in [0.05, 0.1) is 12.6 Å². The fraction of sp³-hybridized carbons (Fsp3) is 0.929. The Hall–Kier alpha value is -0.770. The first-order chi connectivity index (χ1) is 8.54. The Labute approximate surface area is 111 Å². The monoisotopic (exact) mass is 256 g/mol. The Bertz CT molecular complexity index is 258. The van der Waals surface area contributed by atoms with Crippen LogP contribution in [0.1, 0.15) is 46.0 Å². The van der Waals surface area contributed by atoms with E-state index in [9.17, 15) is 4.79 Å². The zero-order chi connectivity index (χ0) is 13.5. The van der Waals surface area contributed by atoms with E-state index in [1.54, 1.807) is 11.9 Å². The molecule has 0 radical (unpaired) electrons. The summed E-state index contributed by atoms with van der Waals surface area (Å²) in [6.45, 7) is 4.91. The first kappa shape index (κ1) is 15.3. The molecule has 0 bridgehead atoms. The number of likely N-dealkylation sites (N-methyl/N-ethyl adjacent to an activating group) is 1. The smallest absolute Gasteiger partial charge is 0.317 e. The maximum atomic E-state index is 11.8. The first-order valence-corrected chi connectivity index (χ1v) is 7.16. The summed E-state index contributed by atoms with van der Waals surface area (Å²) in [4.78, 5) is 13.3. The van der Waals surface area contributed by atoms with E-state index in [1.807, 2.05) is 6.92 Å². The Morgan fingerprint density at radius 2 is 2.22 bits per heavy atom. The van der Waals surface area contributed by atoms with Gasteiger partial charge in [-0.25, -0.2) is 4.79 Å². The van der Waals surface area contributed by atoms with Gasteiger partial charge in [0.2, 0.25) is 0 Å². The van der Waals surface area contributed by atoms with Crippen molar-refractivity contribution in [2.24, 2.45) is 11.8 Å². The average Bonchev–Trinajstić information content (AvgIpc) is 2.36. The number of nitrogens with zero attached hydrogens (tertiary/aromatic N) is 1. The standard InChI is InChI=1S/C14H28N2O2/c1-11-5-4-6-13(9-11)7-8-15-14(18)16(3)12(2)10-17/h11-13,17H,4-10H2,1-3H3,(H,15,18). The molecule has 4 nitrogen and oxygen atoms in total. The molecule has 1 fully saturated rings. The van der Waals surface area contributed by atoms with Crippen molar-refractivity contribution in [1.82, 2.24) is 10.2 Å². The number of aliphatic hydroxyl groups is 1. The van der Waals surface area contributed by atoms with Gasteiger partial charge in [-0.3, -0.25) is 0 Å². The molecule has 0 aromatic carbocycles. The largest absolute Gasteiger partial charge is 0.394 e. The van der Waals surface area contributed by atoms with Crippen LogP contribution in [0.3, 0.4) is 0 Å². The van der Waals surface area contributed by atoms with E-state index in [0.717, 1.165) is 24.8 Å². The third kappa shape index (κ3) is 4.84. The minimum Gasteiger partial charge on any atom is -0.394 e. The third-order valence-corrected chi connectivity index (χ3v) is 4.12. The van der Waals surface area contributed by atoms with Gasteiger partial charge in [-0.2, -0.15) is 0 Å². The van der Waals surface area contributed by atoms with Gasteiger partial charge >= 0.3 is 6.03 Å². The Kier molecular flexibility index (Phi) is 6.47. The van der Waals surface area contributed by atoms with Crippen LogP contribution in [0.25, 0.3) is 0 Å². The van der Waals surface area contributed by atoms with Gasteiger partial charge in [0.15, 0.2) is 0 Å². The molecule has 0 heterocycles. The van der Waals surface area contributed by atoms with Crippen molar-refractivity contribution in [2.75, 3.05) is 20.2 Å². The highest BCUT2D eigenvalue weighted by atomic mass is 16.3. The number of carbonyl (C=O) groups excluding carboxylic acids is 1. The van der Waals surface area contributed by atoms with E-state index in [1.165, 1.54) is 25.7 Å². The van der Waals surface area contributed by atoms with Gasteiger partial charge in [-0.15, -0.1) is 0 Å². The molecule has 0 spiro atoms. The van der Waals surface area contributed by atoms with Crippen LogP contribution in [-0.2, 0) is 0 Å². The summed E-state index contributed by atoms with van der Waals surface area (Å²) in [7, 11) is 1.72. The quantitative estimate of drug-likeness (QED) is 0.792. The fourth-order valence-electron chi connectivity index (χ4n) is 2.65. The second kappa shape index (κ2) is 7.62. The summed E-state index contributed by atoms with van der Waals surface area (Å²) >= 11 is 0. The molecular weight excluding hydrogens is 228 g/mol. The van der Waals surface area contributed by atoms with Crippen molar-refractivity contribution in [3.8, 4) is 0 Å². The van der Waals surface area contributed by atoms with Crippen LogP contribution in [0.5, 0.6) is 0 Å². The topological polar surface area (TPSA) is 52.6 Å². The number of aliphatic hydroxyl groups excluding tert-OH is 1. The van der Waals surface area contributed by atoms with E-state index < -0.39 is 0 Å². The number of carbonyl (C=O) groups is 1. The van der Waals surface area contributed by atoms with Crippen molar-refractivity contribution in [2.45, 2.75) is 52.0 Å². The molecule has 18 heavy (non-hydrogen) atoms. The lowest BCUT2D eigenvalue weighted by Crippen LogP contribution is -2.44. The summed E-state index contributed by atoms with van der Waals surface area (Å²) in [5, 5.41) is 11.9. The van der Waals surface area contributed by atoms with E-state index in [0.29, 0.717) is 0 Å². The highest BCUT2D eigenvalue weighted by molar-refractivity contribution is 5.74. The number of amides is 2. The lowest BCUT2D eigenvalue weighted by molar-refractivity contribution is 0.156. The zero-order valence-corrected chi connectivity index (χ0v) is 12.0. The molecule has 0 aromatic rings. The molecule has 1 saturated carbocycles. The van der Waals surface area contributed by atoms with Crippen LogP contribution in [-0.4, -0.2) is 42.3 Å². The van der Waals surface area contributed by atoms with Gasteiger partial charge in [-0.05, 0) is 31.6 Å². The second-order valence-corrected chi connectivity index (χ2v) is 5.80. The third-order valence-electron chi connectivity index (χ3n) is 4.12. The predicted molar refractivity (Wildman–Crippen MR) is 73.4 cm³/mol. The van der Waals surface area contributed by atoms with E-state index in [-0.39, 0.29) is 18.7 Å². The van der Waals surface area contributed by atoms with Crippen LogP contribution in [0.15, 0.2) is 0 Å². The highest BCUT2D eigenvalue weighted by Crippen LogP contribution is 2.30. The lowest BCUT2D eigenvalue weighted by Gasteiger charge is -2.27. The van der Waals surface area contributed by atoms with E-state index in [4.69, 9.17) is 5.11 Å². The molecule has 0 aromatic heterocycles. The molecule has 1 aliphatic rings. The van der Waals surface area contributed by atoms with Gasteiger partial charge in [-0.1, -0.05) is 26.2 Å². The number of urea groups is 1. The van der Waals surface area contributed by atoms with Gasteiger partial charge < -0.3 is 15.3 Å². The van der Waals surface area contributed by atoms with Crippen molar-refractivity contribution in [1.29, 1.82) is 0 Å². The van der Waals surface area contributed by atoms with Crippen LogP contribution in [0.2, 0.25) is 0 Å². The van der Waals surface area contributed by atoms with E-state index >= 15 is 0 Å². The Balaban J connectivity index is 2.18. The molecule has 1 aliphatic carbocycles. The summed E-state index contributed by atoms with van der Waals surface area (Å²) in [6, 6.07) is -0.208. The molecule has 0 aliphatic heterocycles. The summed E-state index contributed by atoms with van der Waals surface area (Å²) < 4.78 is 0. The van der Waals surface area contributed by atoms with E-state index in [2.05, 4.69) is 12.2 Å². The molecular formula is C14H28N2O2. The lowest BCUT2D eigenvalue weighted by atomic mass is 9.81. The van der Waals surface area contributed by atoms with Crippen LogP contribution in [0.4, 0.5) is 4.79 Å². The molecule has 106 valence electrons. The first-order valence-electron chi connectivity index (χ1n) is 7.16. The maximum Gasteiger partial charge on any atom is 0.317 e.